The number of aliphatic hydroxyl groups excluding tert-OH is 1. The Morgan fingerprint density at radius 3 is 2.25 bits per heavy atom. The molecule has 8 heavy (non-hydrogen) atoms. The van der Waals surface area contributed by atoms with Gasteiger partial charge >= 0.3 is 0 Å². The number of hydrogen-bond donors (Lipinski definition) is 2. The molecule has 3 heteroatoms. The first-order valence-electron chi connectivity index (χ1n) is 2.36. The monoisotopic (exact) mass is 116 g/mol. The number of amides is 1. The van der Waals surface area contributed by atoms with Gasteiger partial charge < -0.3 is 10.8 Å². The number of primary amides is 1. The maximum absolute atomic E-state index is 10.1. The van der Waals surface area contributed by atoms with E-state index in [0.717, 1.165) is 0 Å². The summed E-state index contributed by atoms with van der Waals surface area (Å²) in [7, 11) is 0. The molecule has 1 amide bonds. The van der Waals surface area contributed by atoms with Gasteiger partial charge in [0.25, 0.3) is 0 Å². The van der Waals surface area contributed by atoms with Gasteiger partial charge in [-0.05, 0) is 13.8 Å². The van der Waals surface area contributed by atoms with Gasteiger partial charge in [-0.1, -0.05) is 0 Å². The third-order valence-corrected chi connectivity index (χ3v) is 0.948. The molecule has 0 saturated heterocycles. The Balaban J connectivity index is 3.64. The Hall–Kier alpha value is -0.570. The highest BCUT2D eigenvalue weighted by Crippen LogP contribution is 1.97. The molecule has 0 fully saturated rings. The number of aliphatic hydroxyl groups is 1. The highest BCUT2D eigenvalue weighted by Gasteiger charge is 2.13. The van der Waals surface area contributed by atoms with E-state index in [4.69, 9.17) is 10.8 Å². The Morgan fingerprint density at radius 1 is 1.88 bits per heavy atom. The van der Waals surface area contributed by atoms with E-state index >= 15 is 0 Å². The van der Waals surface area contributed by atoms with Gasteiger partial charge in [-0.15, -0.1) is 0 Å². The molecule has 0 aromatic carbocycles. The summed E-state index contributed by atoms with van der Waals surface area (Å²) in [6.07, 6.45) is -0.743. The van der Waals surface area contributed by atoms with E-state index in [0.29, 0.717) is 0 Å². The Labute approximate surface area is 48.5 Å². The van der Waals surface area contributed by atoms with E-state index in [2.05, 4.69) is 6.92 Å². The second-order valence-electron chi connectivity index (χ2n) is 1.75. The molecule has 3 nitrogen and oxygen atoms in total. The molecule has 47 valence electrons. The zero-order valence-corrected chi connectivity index (χ0v) is 4.79. The summed E-state index contributed by atoms with van der Waals surface area (Å²) < 4.78 is 0. The van der Waals surface area contributed by atoms with Crippen molar-refractivity contribution < 1.29 is 9.90 Å². The van der Waals surface area contributed by atoms with Crippen molar-refractivity contribution in [2.24, 2.45) is 11.7 Å². The van der Waals surface area contributed by atoms with Crippen molar-refractivity contribution in [2.75, 3.05) is 0 Å². The first-order chi connectivity index (χ1) is 3.55. The smallest absolute Gasteiger partial charge is 0.223 e. The van der Waals surface area contributed by atoms with E-state index in [-0.39, 0.29) is 0 Å². The maximum atomic E-state index is 10.1. The van der Waals surface area contributed by atoms with Crippen LogP contribution in [0.5, 0.6) is 0 Å². The molecular formula is C5H10NO2. The molecule has 2 atom stereocenters. The molecule has 3 N–H and O–H groups in total. The minimum Gasteiger partial charge on any atom is -0.393 e. The average Bonchev–Trinajstić information content (AvgIpc) is 1.64. The summed E-state index contributed by atoms with van der Waals surface area (Å²) in [5.74, 6) is -1.25. The Kier molecular flexibility index (Phi) is 2.48. The molecule has 0 rings (SSSR count). The van der Waals surface area contributed by atoms with Gasteiger partial charge in [-0.2, -0.15) is 0 Å². The number of carbonyl (C=O) groups is 1. The largest absolute Gasteiger partial charge is 0.393 e. The standard InChI is InChI=1S/C5H10NO2/c1-3(4(2)7)5(6)8/h3-4,7H,1H2,2H3,(H2,6,8). The normalized spacial score (nSPS) is 17.4. The number of hydrogen-bond acceptors (Lipinski definition) is 2. The van der Waals surface area contributed by atoms with Crippen LogP contribution < -0.4 is 5.73 Å². The summed E-state index contributed by atoms with van der Waals surface area (Å²) in [4.78, 5) is 10.1. The van der Waals surface area contributed by atoms with E-state index in [1.165, 1.54) is 6.92 Å². The third kappa shape index (κ3) is 1.93. The molecule has 0 heterocycles. The quantitative estimate of drug-likeness (QED) is 0.501. The average molecular weight is 116 g/mol. The zero-order valence-electron chi connectivity index (χ0n) is 4.79. The summed E-state index contributed by atoms with van der Waals surface area (Å²) in [5, 5.41) is 8.63. The summed E-state index contributed by atoms with van der Waals surface area (Å²) in [6.45, 7) is 4.79. The van der Waals surface area contributed by atoms with Crippen LogP contribution in [-0.2, 0) is 4.79 Å². The fourth-order valence-corrected chi connectivity index (χ4v) is 0.238. The first-order valence-corrected chi connectivity index (χ1v) is 2.36. The highest BCUT2D eigenvalue weighted by molar-refractivity contribution is 5.77. The van der Waals surface area contributed by atoms with E-state index in [9.17, 15) is 4.79 Å². The molecule has 0 aliphatic carbocycles. The van der Waals surface area contributed by atoms with Crippen LogP contribution in [-0.4, -0.2) is 17.1 Å². The third-order valence-electron chi connectivity index (χ3n) is 0.948. The predicted molar refractivity (Wildman–Crippen MR) is 29.7 cm³/mol. The number of nitrogens with two attached hydrogens (primary N) is 1. The first kappa shape index (κ1) is 7.43. The second kappa shape index (κ2) is 2.67. The Morgan fingerprint density at radius 2 is 2.25 bits per heavy atom. The van der Waals surface area contributed by atoms with Gasteiger partial charge in [0.1, 0.15) is 0 Å². The molecule has 0 saturated carbocycles. The summed E-state index contributed by atoms with van der Waals surface area (Å²) in [5.41, 5.74) is 4.78. The molecule has 0 spiro atoms. The summed E-state index contributed by atoms with van der Waals surface area (Å²) >= 11 is 0. The van der Waals surface area contributed by atoms with Crippen LogP contribution in [0.3, 0.4) is 0 Å². The van der Waals surface area contributed by atoms with Gasteiger partial charge in [0, 0.05) is 0 Å². The number of rotatable bonds is 2. The minimum absolute atomic E-state index is 0.569. The van der Waals surface area contributed by atoms with Crippen LogP contribution in [0.1, 0.15) is 6.92 Å². The van der Waals surface area contributed by atoms with Crippen molar-refractivity contribution in [3.05, 3.63) is 6.92 Å². The van der Waals surface area contributed by atoms with Crippen molar-refractivity contribution in [3.63, 3.8) is 0 Å². The molecule has 2 unspecified atom stereocenters. The Bertz CT molecular complexity index is 90.4. The van der Waals surface area contributed by atoms with Crippen molar-refractivity contribution in [3.8, 4) is 0 Å². The second-order valence-corrected chi connectivity index (χ2v) is 1.75. The fourth-order valence-electron chi connectivity index (χ4n) is 0.238. The van der Waals surface area contributed by atoms with Crippen LogP contribution >= 0.6 is 0 Å². The van der Waals surface area contributed by atoms with Gasteiger partial charge in [0.15, 0.2) is 0 Å². The molecule has 0 aromatic heterocycles. The molecular weight excluding hydrogens is 106 g/mol. The highest BCUT2D eigenvalue weighted by atomic mass is 16.3. The topological polar surface area (TPSA) is 63.3 Å². The molecule has 0 bridgehead atoms. The van der Waals surface area contributed by atoms with Gasteiger partial charge in [-0.25, -0.2) is 0 Å². The predicted octanol–water partition coefficient (Wildman–Crippen LogP) is -0.697. The van der Waals surface area contributed by atoms with Crippen molar-refractivity contribution in [2.45, 2.75) is 13.0 Å². The molecule has 0 aliphatic heterocycles. The van der Waals surface area contributed by atoms with Crippen LogP contribution in [0.15, 0.2) is 0 Å². The minimum atomic E-state index is -0.743. The van der Waals surface area contributed by atoms with Gasteiger partial charge in [0.05, 0.1) is 12.0 Å². The van der Waals surface area contributed by atoms with Crippen LogP contribution in [0, 0.1) is 12.8 Å². The lowest BCUT2D eigenvalue weighted by molar-refractivity contribution is -0.123. The molecule has 0 aliphatic rings. The SMILES string of the molecule is [CH2]C(C(N)=O)C(C)O. The molecule has 1 radical (unpaired) electrons. The molecule has 0 aromatic rings. The van der Waals surface area contributed by atoms with Crippen LogP contribution in [0.2, 0.25) is 0 Å². The van der Waals surface area contributed by atoms with Crippen LogP contribution in [0.4, 0.5) is 0 Å². The lowest BCUT2D eigenvalue weighted by Gasteiger charge is -2.07. The van der Waals surface area contributed by atoms with E-state index in [1.54, 1.807) is 0 Å². The maximum Gasteiger partial charge on any atom is 0.223 e. The van der Waals surface area contributed by atoms with E-state index < -0.39 is 17.9 Å². The summed E-state index contributed by atoms with van der Waals surface area (Å²) in [6, 6.07) is 0. The fraction of sp³-hybridized carbons (Fsp3) is 0.600. The van der Waals surface area contributed by atoms with Crippen molar-refractivity contribution in [1.29, 1.82) is 0 Å². The van der Waals surface area contributed by atoms with Crippen molar-refractivity contribution in [1.82, 2.24) is 0 Å². The lowest BCUT2D eigenvalue weighted by Crippen LogP contribution is -2.29. The van der Waals surface area contributed by atoms with Gasteiger partial charge in [0.2, 0.25) is 5.91 Å². The van der Waals surface area contributed by atoms with Gasteiger partial charge in [-0.3, -0.25) is 4.79 Å². The van der Waals surface area contributed by atoms with Crippen LogP contribution in [0.25, 0.3) is 0 Å². The number of carbonyl (C=O) groups excluding carboxylic acids is 1. The van der Waals surface area contributed by atoms with Crippen molar-refractivity contribution >= 4 is 5.91 Å². The zero-order chi connectivity index (χ0) is 6.73. The lowest BCUT2D eigenvalue weighted by atomic mass is 10.1. The van der Waals surface area contributed by atoms with E-state index in [1.807, 2.05) is 0 Å².